The Balaban J connectivity index is 2.97. The molecule has 0 aromatic carbocycles. The minimum atomic E-state index is 1.10. The van der Waals surface area contributed by atoms with E-state index in [1.807, 2.05) is 0 Å². The predicted octanol–water partition coefficient (Wildman–Crippen LogP) is 8.49. The zero-order valence-electron chi connectivity index (χ0n) is 13.4. The van der Waals surface area contributed by atoms with Gasteiger partial charge in [0, 0.05) is 0 Å². The third-order valence-corrected chi connectivity index (χ3v) is 4.50. The lowest BCUT2D eigenvalue weighted by Gasteiger charge is -2.02. The van der Waals surface area contributed by atoms with Crippen LogP contribution in [-0.4, -0.2) is 0 Å². The average Bonchev–Trinajstić information content (AvgIpc) is 2.43. The van der Waals surface area contributed by atoms with Gasteiger partial charge in [0.1, 0.15) is 0 Å². The fraction of sp³-hybridized carbons (Fsp3) is 0.889. The van der Waals surface area contributed by atoms with Gasteiger partial charge in [0.15, 0.2) is 0 Å². The van der Waals surface area contributed by atoms with Crippen molar-refractivity contribution in [1.82, 2.24) is 0 Å². The topological polar surface area (TPSA) is 0 Å². The number of halogens is 2. The summed E-state index contributed by atoms with van der Waals surface area (Å²) in [6, 6.07) is 0. The van der Waals surface area contributed by atoms with Crippen molar-refractivity contribution in [3.63, 3.8) is 0 Å². The lowest BCUT2D eigenvalue weighted by molar-refractivity contribution is 0.536. The van der Waals surface area contributed by atoms with Crippen LogP contribution in [0.2, 0.25) is 0 Å². The molecule has 2 heteroatoms. The third kappa shape index (κ3) is 18.7. The van der Waals surface area contributed by atoms with Crippen molar-refractivity contribution in [2.45, 2.75) is 103 Å². The molecule has 0 unspecified atom stereocenters. The van der Waals surface area contributed by atoms with Crippen molar-refractivity contribution in [3.8, 4) is 0 Å². The quantitative estimate of drug-likeness (QED) is 0.238. The van der Waals surface area contributed by atoms with Crippen LogP contribution < -0.4 is 0 Å². The lowest BCUT2D eigenvalue weighted by atomic mass is 10.0. The van der Waals surface area contributed by atoms with Crippen LogP contribution in [0.1, 0.15) is 103 Å². The summed E-state index contributed by atoms with van der Waals surface area (Å²) in [5.41, 5.74) is 0. The molecule has 0 aromatic rings. The highest BCUT2D eigenvalue weighted by molar-refractivity contribution is 9.28. The van der Waals surface area contributed by atoms with Gasteiger partial charge >= 0.3 is 0 Å². The van der Waals surface area contributed by atoms with Gasteiger partial charge in [-0.05, 0) is 44.7 Å². The first-order valence-electron chi connectivity index (χ1n) is 8.78. The number of hydrogen-bond donors (Lipinski definition) is 0. The molecule has 0 heterocycles. The number of allylic oxidation sites excluding steroid dienone is 1. The van der Waals surface area contributed by atoms with Crippen molar-refractivity contribution >= 4 is 31.9 Å². The lowest BCUT2D eigenvalue weighted by Crippen LogP contribution is -1.83. The van der Waals surface area contributed by atoms with Gasteiger partial charge in [-0.2, -0.15) is 0 Å². The maximum absolute atomic E-state index is 3.39. The summed E-state index contributed by atoms with van der Waals surface area (Å²) in [5, 5.41) is 0. The SMILES string of the molecule is CCCCCCCCCCCCCCCCC=C(Br)Br. The van der Waals surface area contributed by atoms with Crippen LogP contribution >= 0.6 is 31.9 Å². The fourth-order valence-corrected chi connectivity index (χ4v) is 3.01. The molecule has 0 rings (SSSR count). The Kier molecular flexibility index (Phi) is 18.4. The highest BCUT2D eigenvalue weighted by atomic mass is 79.9. The molecule has 0 nitrogen and oxygen atoms in total. The van der Waals surface area contributed by atoms with Crippen LogP contribution in [0.4, 0.5) is 0 Å². The van der Waals surface area contributed by atoms with E-state index in [-0.39, 0.29) is 0 Å². The van der Waals surface area contributed by atoms with Crippen molar-refractivity contribution in [1.29, 1.82) is 0 Å². The summed E-state index contributed by atoms with van der Waals surface area (Å²) >= 11 is 6.79. The maximum atomic E-state index is 3.39. The Morgan fingerprint density at radius 1 is 0.600 bits per heavy atom. The first-order valence-corrected chi connectivity index (χ1v) is 10.4. The zero-order valence-corrected chi connectivity index (χ0v) is 16.6. The van der Waals surface area contributed by atoms with Crippen molar-refractivity contribution < 1.29 is 0 Å². The van der Waals surface area contributed by atoms with Gasteiger partial charge in [0.05, 0.1) is 3.39 Å². The Morgan fingerprint density at radius 2 is 0.950 bits per heavy atom. The largest absolute Gasteiger partial charge is 0.0654 e. The second-order valence-corrected chi connectivity index (χ2v) is 8.65. The number of hydrogen-bond acceptors (Lipinski definition) is 0. The van der Waals surface area contributed by atoms with Crippen LogP contribution in [0.25, 0.3) is 0 Å². The predicted molar refractivity (Wildman–Crippen MR) is 101 cm³/mol. The van der Waals surface area contributed by atoms with Crippen LogP contribution in [0.15, 0.2) is 9.47 Å². The minimum absolute atomic E-state index is 1.10. The highest BCUT2D eigenvalue weighted by Crippen LogP contribution is 2.16. The molecule has 0 spiro atoms. The van der Waals surface area contributed by atoms with E-state index >= 15 is 0 Å². The molecule has 0 aromatic heterocycles. The van der Waals surface area contributed by atoms with Crippen molar-refractivity contribution in [2.75, 3.05) is 0 Å². The first kappa shape index (κ1) is 20.7. The summed E-state index contributed by atoms with van der Waals surface area (Å²) < 4.78 is 1.10. The van der Waals surface area contributed by atoms with E-state index in [2.05, 4.69) is 44.9 Å². The molecule has 0 radical (unpaired) electrons. The van der Waals surface area contributed by atoms with Crippen molar-refractivity contribution in [3.05, 3.63) is 9.47 Å². The smallest absolute Gasteiger partial charge is 0.0564 e. The molecule has 0 aliphatic heterocycles. The summed E-state index contributed by atoms with van der Waals surface area (Å²) in [6.07, 6.45) is 23.5. The zero-order chi connectivity index (χ0) is 14.9. The van der Waals surface area contributed by atoms with Gasteiger partial charge in [0.2, 0.25) is 0 Å². The third-order valence-electron chi connectivity index (χ3n) is 3.86. The molecule has 20 heavy (non-hydrogen) atoms. The van der Waals surface area contributed by atoms with E-state index in [1.165, 1.54) is 96.3 Å². The molecule has 120 valence electrons. The molecule has 0 bridgehead atoms. The molecule has 0 N–H and O–H groups in total. The van der Waals surface area contributed by atoms with Gasteiger partial charge in [-0.25, -0.2) is 0 Å². The van der Waals surface area contributed by atoms with E-state index in [0.717, 1.165) is 3.39 Å². The van der Waals surface area contributed by atoms with E-state index in [4.69, 9.17) is 0 Å². The normalized spacial score (nSPS) is 10.8. The monoisotopic (exact) mass is 408 g/mol. The maximum Gasteiger partial charge on any atom is 0.0564 e. The summed E-state index contributed by atoms with van der Waals surface area (Å²) in [5.74, 6) is 0. The molecule has 0 aliphatic carbocycles. The molecule has 0 fully saturated rings. The van der Waals surface area contributed by atoms with Crippen molar-refractivity contribution in [2.24, 2.45) is 0 Å². The molecular formula is C18H34Br2. The molecule has 0 saturated heterocycles. The average molecular weight is 410 g/mol. The standard InChI is InChI=1S/C18H34Br2/c1-2-3-4-5-6-7-8-9-10-11-12-13-14-15-16-17-18(19)20/h17H,2-16H2,1H3. The van der Waals surface area contributed by atoms with Gasteiger partial charge in [0.25, 0.3) is 0 Å². The first-order chi connectivity index (χ1) is 9.77. The second-order valence-electron chi connectivity index (χ2n) is 5.88. The highest BCUT2D eigenvalue weighted by Gasteiger charge is 1.93. The van der Waals surface area contributed by atoms with E-state index in [1.54, 1.807) is 0 Å². The summed E-state index contributed by atoms with van der Waals surface area (Å²) in [4.78, 5) is 0. The molecule has 0 atom stereocenters. The van der Waals surface area contributed by atoms with Gasteiger partial charge in [-0.3, -0.25) is 0 Å². The van der Waals surface area contributed by atoms with Crippen LogP contribution in [0.3, 0.4) is 0 Å². The second kappa shape index (κ2) is 17.8. The van der Waals surface area contributed by atoms with Gasteiger partial charge in [-0.15, -0.1) is 0 Å². The van der Waals surface area contributed by atoms with Gasteiger partial charge in [-0.1, -0.05) is 96.5 Å². The minimum Gasteiger partial charge on any atom is -0.0654 e. The van der Waals surface area contributed by atoms with E-state index < -0.39 is 0 Å². The Labute approximate surface area is 144 Å². The van der Waals surface area contributed by atoms with Crippen LogP contribution in [-0.2, 0) is 0 Å². The number of rotatable bonds is 15. The van der Waals surface area contributed by atoms with Crippen LogP contribution in [0.5, 0.6) is 0 Å². The Bertz CT molecular complexity index is 207. The van der Waals surface area contributed by atoms with Gasteiger partial charge < -0.3 is 0 Å². The molecule has 0 aliphatic rings. The molecule has 0 saturated carbocycles. The van der Waals surface area contributed by atoms with Crippen LogP contribution in [0, 0.1) is 0 Å². The summed E-state index contributed by atoms with van der Waals surface area (Å²) in [7, 11) is 0. The Hall–Kier alpha value is 0.700. The molecule has 0 amide bonds. The molecular weight excluding hydrogens is 376 g/mol. The van der Waals surface area contributed by atoms with E-state index in [9.17, 15) is 0 Å². The fourth-order valence-electron chi connectivity index (χ4n) is 2.55. The van der Waals surface area contributed by atoms with E-state index in [0.29, 0.717) is 0 Å². The Morgan fingerprint density at radius 3 is 1.30 bits per heavy atom. The number of unbranched alkanes of at least 4 members (excludes halogenated alkanes) is 14. The summed E-state index contributed by atoms with van der Waals surface area (Å²) in [6.45, 7) is 2.29.